The monoisotopic (exact) mass is 238 g/mol. The zero-order chi connectivity index (χ0) is 13.1. The fourth-order valence-electron chi connectivity index (χ4n) is 1.09. The Hall–Kier alpha value is -1.78. The van der Waals surface area contributed by atoms with Crippen molar-refractivity contribution in [2.45, 2.75) is 20.8 Å². The van der Waals surface area contributed by atoms with Gasteiger partial charge in [0.05, 0.1) is 12.3 Å². The van der Waals surface area contributed by atoms with Crippen LogP contribution in [0.25, 0.3) is 0 Å². The highest BCUT2D eigenvalue weighted by molar-refractivity contribution is 5.85. The number of ether oxygens (including phenoxy) is 1. The van der Waals surface area contributed by atoms with Gasteiger partial charge in [-0.05, 0) is 11.5 Å². The van der Waals surface area contributed by atoms with Crippen molar-refractivity contribution >= 4 is 11.8 Å². The normalized spacial score (nSPS) is 11.1. The second-order valence-corrected chi connectivity index (χ2v) is 5.04. The quantitative estimate of drug-likeness (QED) is 0.879. The van der Waals surface area contributed by atoms with E-state index in [0.717, 1.165) is 4.90 Å². The standard InChI is InChI=1S/C12H18N2O3/c1-12(2,3)8-17-10-7-9(5-6-13-10)14(4)11(15)16/h5-7H,8H2,1-4H3,(H,15,16). The van der Waals surface area contributed by atoms with E-state index in [0.29, 0.717) is 18.2 Å². The van der Waals surface area contributed by atoms with Gasteiger partial charge in [-0.2, -0.15) is 0 Å². The van der Waals surface area contributed by atoms with E-state index in [1.54, 1.807) is 12.1 Å². The van der Waals surface area contributed by atoms with Gasteiger partial charge in [-0.25, -0.2) is 9.78 Å². The van der Waals surface area contributed by atoms with Crippen LogP contribution in [0.3, 0.4) is 0 Å². The third-order valence-corrected chi connectivity index (χ3v) is 2.05. The number of hydrogen-bond acceptors (Lipinski definition) is 3. The molecule has 1 heterocycles. The number of carboxylic acid groups (broad SMARTS) is 1. The van der Waals surface area contributed by atoms with Gasteiger partial charge >= 0.3 is 6.09 Å². The molecular weight excluding hydrogens is 220 g/mol. The highest BCUT2D eigenvalue weighted by atomic mass is 16.5. The van der Waals surface area contributed by atoms with Crippen molar-refractivity contribution in [1.82, 2.24) is 4.98 Å². The second kappa shape index (κ2) is 5.03. The summed E-state index contributed by atoms with van der Waals surface area (Å²) in [7, 11) is 1.48. The van der Waals surface area contributed by atoms with Crippen LogP contribution in [0.2, 0.25) is 0 Å². The Morgan fingerprint density at radius 3 is 2.71 bits per heavy atom. The predicted molar refractivity (Wildman–Crippen MR) is 65.6 cm³/mol. The topological polar surface area (TPSA) is 62.7 Å². The molecule has 0 aromatic carbocycles. The first kappa shape index (κ1) is 13.3. The van der Waals surface area contributed by atoms with Gasteiger partial charge in [-0.1, -0.05) is 20.8 Å². The van der Waals surface area contributed by atoms with Gasteiger partial charge in [0.15, 0.2) is 0 Å². The third-order valence-electron chi connectivity index (χ3n) is 2.05. The molecule has 0 aliphatic heterocycles. The third kappa shape index (κ3) is 4.30. The zero-order valence-corrected chi connectivity index (χ0v) is 10.6. The van der Waals surface area contributed by atoms with Crippen molar-refractivity contribution in [3.63, 3.8) is 0 Å². The lowest BCUT2D eigenvalue weighted by atomic mass is 9.99. The molecule has 0 unspecified atom stereocenters. The van der Waals surface area contributed by atoms with Gasteiger partial charge in [0, 0.05) is 19.3 Å². The molecule has 0 fully saturated rings. The SMILES string of the molecule is CN(C(=O)O)c1ccnc(OCC(C)(C)C)c1. The number of pyridine rings is 1. The predicted octanol–water partition coefficient (Wildman–Crippen LogP) is 2.62. The summed E-state index contributed by atoms with van der Waals surface area (Å²) in [5.41, 5.74) is 0.576. The smallest absolute Gasteiger partial charge is 0.411 e. The van der Waals surface area contributed by atoms with Crippen LogP contribution >= 0.6 is 0 Å². The van der Waals surface area contributed by atoms with E-state index in [1.807, 2.05) is 0 Å². The van der Waals surface area contributed by atoms with E-state index < -0.39 is 6.09 Å². The maximum atomic E-state index is 10.8. The lowest BCUT2D eigenvalue weighted by Crippen LogP contribution is -2.24. The molecule has 0 aliphatic rings. The second-order valence-electron chi connectivity index (χ2n) is 5.04. The number of aromatic nitrogens is 1. The number of amides is 1. The molecule has 0 atom stereocenters. The molecule has 0 bridgehead atoms. The Morgan fingerprint density at radius 2 is 2.18 bits per heavy atom. The van der Waals surface area contributed by atoms with E-state index >= 15 is 0 Å². The van der Waals surface area contributed by atoms with Crippen LogP contribution in [0.1, 0.15) is 20.8 Å². The molecule has 0 radical (unpaired) electrons. The molecule has 0 saturated carbocycles. The van der Waals surface area contributed by atoms with Gasteiger partial charge in [-0.15, -0.1) is 0 Å². The summed E-state index contributed by atoms with van der Waals surface area (Å²) in [5, 5.41) is 8.85. The number of carbonyl (C=O) groups is 1. The van der Waals surface area contributed by atoms with E-state index in [9.17, 15) is 4.79 Å². The molecule has 1 aromatic heterocycles. The average Bonchev–Trinajstić information content (AvgIpc) is 2.24. The van der Waals surface area contributed by atoms with Gasteiger partial charge < -0.3 is 9.84 Å². The maximum Gasteiger partial charge on any atom is 0.411 e. The summed E-state index contributed by atoms with van der Waals surface area (Å²) in [5.74, 6) is 0.436. The average molecular weight is 238 g/mol. The van der Waals surface area contributed by atoms with Gasteiger partial charge in [-0.3, -0.25) is 4.90 Å². The molecule has 1 N–H and O–H groups in total. The van der Waals surface area contributed by atoms with Gasteiger partial charge in [0.2, 0.25) is 5.88 Å². The van der Waals surface area contributed by atoms with Crippen molar-refractivity contribution < 1.29 is 14.6 Å². The minimum absolute atomic E-state index is 0.0381. The summed E-state index contributed by atoms with van der Waals surface area (Å²) >= 11 is 0. The first-order chi connectivity index (χ1) is 7.79. The van der Waals surface area contributed by atoms with E-state index in [1.165, 1.54) is 13.2 Å². The summed E-state index contributed by atoms with van der Waals surface area (Å²) < 4.78 is 5.51. The molecule has 94 valence electrons. The van der Waals surface area contributed by atoms with E-state index in [2.05, 4.69) is 25.8 Å². The van der Waals surface area contributed by atoms with Crippen molar-refractivity contribution in [2.24, 2.45) is 5.41 Å². The van der Waals surface area contributed by atoms with Crippen molar-refractivity contribution in [3.8, 4) is 5.88 Å². The van der Waals surface area contributed by atoms with Crippen LogP contribution in [0, 0.1) is 5.41 Å². The Morgan fingerprint density at radius 1 is 1.53 bits per heavy atom. The number of hydrogen-bond donors (Lipinski definition) is 1. The Kier molecular flexibility index (Phi) is 3.93. The lowest BCUT2D eigenvalue weighted by molar-refractivity contribution is 0.191. The largest absolute Gasteiger partial charge is 0.477 e. The molecule has 0 aliphatic carbocycles. The molecule has 1 rings (SSSR count). The number of anilines is 1. The maximum absolute atomic E-state index is 10.8. The lowest BCUT2D eigenvalue weighted by Gasteiger charge is -2.19. The van der Waals surface area contributed by atoms with Crippen LogP contribution in [-0.2, 0) is 0 Å². The molecular formula is C12H18N2O3. The number of rotatable bonds is 3. The Balaban J connectivity index is 2.76. The fourth-order valence-corrected chi connectivity index (χ4v) is 1.09. The van der Waals surface area contributed by atoms with E-state index in [4.69, 9.17) is 9.84 Å². The Labute approximate surface area is 101 Å². The summed E-state index contributed by atoms with van der Waals surface area (Å²) in [6.07, 6.45) is 0.519. The highest BCUT2D eigenvalue weighted by Gasteiger charge is 2.13. The van der Waals surface area contributed by atoms with Crippen molar-refractivity contribution in [1.29, 1.82) is 0 Å². The molecule has 1 amide bonds. The zero-order valence-electron chi connectivity index (χ0n) is 10.6. The van der Waals surface area contributed by atoms with Crippen LogP contribution in [0.4, 0.5) is 10.5 Å². The van der Waals surface area contributed by atoms with Gasteiger partial charge in [0.25, 0.3) is 0 Å². The van der Waals surface area contributed by atoms with Crippen molar-refractivity contribution in [3.05, 3.63) is 18.3 Å². The highest BCUT2D eigenvalue weighted by Crippen LogP contribution is 2.20. The van der Waals surface area contributed by atoms with Gasteiger partial charge in [0.1, 0.15) is 0 Å². The van der Waals surface area contributed by atoms with Crippen LogP contribution < -0.4 is 9.64 Å². The summed E-state index contributed by atoms with van der Waals surface area (Å²) in [6, 6.07) is 3.23. The molecule has 17 heavy (non-hydrogen) atoms. The fraction of sp³-hybridized carbons (Fsp3) is 0.500. The number of nitrogens with zero attached hydrogens (tertiary/aromatic N) is 2. The van der Waals surface area contributed by atoms with Crippen LogP contribution in [-0.4, -0.2) is 29.8 Å². The minimum Gasteiger partial charge on any atom is -0.477 e. The van der Waals surface area contributed by atoms with E-state index in [-0.39, 0.29) is 5.41 Å². The molecule has 5 heteroatoms. The molecule has 1 aromatic rings. The summed E-state index contributed by atoms with van der Waals surface area (Å²) in [4.78, 5) is 16.0. The molecule has 0 spiro atoms. The molecule has 5 nitrogen and oxygen atoms in total. The van der Waals surface area contributed by atoms with Crippen LogP contribution in [0.5, 0.6) is 5.88 Å². The first-order valence-electron chi connectivity index (χ1n) is 5.35. The van der Waals surface area contributed by atoms with Crippen molar-refractivity contribution in [2.75, 3.05) is 18.6 Å². The van der Waals surface area contributed by atoms with Crippen LogP contribution in [0.15, 0.2) is 18.3 Å². The minimum atomic E-state index is -1.02. The molecule has 0 saturated heterocycles. The first-order valence-corrected chi connectivity index (χ1v) is 5.35. The Bertz CT molecular complexity index is 399. The summed E-state index contributed by atoms with van der Waals surface area (Å²) in [6.45, 7) is 6.70.